The summed E-state index contributed by atoms with van der Waals surface area (Å²) in [5, 5.41) is 177. The van der Waals surface area contributed by atoms with E-state index in [-0.39, 0.29) is 46.6 Å². The standard InChI is InChI=1S/C63H100O31/c1-24-16-62(93-51(24)80)17-25(2)63(94-62)15-14-60(6)28-8-9-34-58(4,27(28)10-13-61(60,63)7)12-11-35(59(34,5)23-66)88-53-46(79)43(76)40(73)33(87-53)22-83-55-48(37(70)29(67)20-81-55)91-57-50(92-52-45(78)42(75)36(69)26(3)84-52)47(41(74)32(19-65)86-57)89-56-49(38(71)30(68)21-82-56)90-54-44(77)39(72)31(18-64)85-54/h24-26,29-50,52-57,64-79H,8-23H2,1-7H3. The number of aliphatic hydroxyl groups is 16. The van der Waals surface area contributed by atoms with Gasteiger partial charge in [0.1, 0.15) is 122 Å². The highest BCUT2D eigenvalue weighted by atomic mass is 16.8. The third-order valence-corrected chi connectivity index (χ3v) is 24.6. The molecule has 0 amide bonds. The maximum Gasteiger partial charge on any atom is 0.311 e. The quantitative estimate of drug-likeness (QED) is 0.0511. The van der Waals surface area contributed by atoms with Gasteiger partial charge in [-0.2, -0.15) is 0 Å². The first-order valence-corrected chi connectivity index (χ1v) is 33.4. The first kappa shape index (κ1) is 71.9. The van der Waals surface area contributed by atoms with E-state index in [0.29, 0.717) is 25.7 Å². The van der Waals surface area contributed by atoms with Crippen LogP contribution in [0.5, 0.6) is 0 Å². The molecule has 8 heterocycles. The molecule has 4 aliphatic carbocycles. The first-order chi connectivity index (χ1) is 44.3. The number of aliphatic hydroxyl groups excluding tert-OH is 16. The minimum Gasteiger partial charge on any atom is -0.433 e. The molecule has 0 aromatic rings. The zero-order chi connectivity index (χ0) is 67.8. The SMILES string of the molecule is CC1CC2(CC(C)C3(CCC4(C)C5=C(CCC43C)C3(C)CCC(OC4OC(COC6OCC(O)C(O)C6OC6OC(CO)C(O)C(OC7OCC(O)C(O)C7OC7OC(CO)C(O)C7O)C6OC6OC(C)C(O)C(O)C6O)C(O)C(O)C4O)C(C)(CO)C3CC5)O2)OC1=O. The number of rotatable bonds is 16. The summed E-state index contributed by atoms with van der Waals surface area (Å²) in [7, 11) is 0. The van der Waals surface area contributed by atoms with E-state index in [1.807, 2.05) is 13.8 Å². The van der Waals surface area contributed by atoms with Gasteiger partial charge in [0.05, 0.1) is 63.4 Å². The van der Waals surface area contributed by atoms with Crippen LogP contribution in [-0.4, -0.2) is 311 Å². The van der Waals surface area contributed by atoms with Crippen molar-refractivity contribution in [3.8, 4) is 0 Å². The van der Waals surface area contributed by atoms with Crippen molar-refractivity contribution in [3.05, 3.63) is 11.1 Å². The molecule has 0 aromatic carbocycles. The number of hydrogen-bond acceptors (Lipinski definition) is 31. The fourth-order valence-electron chi connectivity index (χ4n) is 18.9. The summed E-state index contributed by atoms with van der Waals surface area (Å²) in [6.45, 7) is 10.5. The van der Waals surface area contributed by atoms with Crippen LogP contribution < -0.4 is 0 Å². The van der Waals surface area contributed by atoms with Crippen molar-refractivity contribution >= 4 is 5.97 Å². The highest BCUT2D eigenvalue weighted by molar-refractivity contribution is 5.74. The molecule has 12 aliphatic rings. The van der Waals surface area contributed by atoms with Crippen LogP contribution in [0.3, 0.4) is 0 Å². The first-order valence-electron chi connectivity index (χ1n) is 33.4. The van der Waals surface area contributed by atoms with E-state index in [9.17, 15) is 86.5 Å². The summed E-state index contributed by atoms with van der Waals surface area (Å²) in [4.78, 5) is 12.8. The highest BCUT2D eigenvalue weighted by Gasteiger charge is 2.75. The summed E-state index contributed by atoms with van der Waals surface area (Å²) in [6, 6.07) is 0. The van der Waals surface area contributed by atoms with Crippen LogP contribution >= 0.6 is 0 Å². The summed E-state index contributed by atoms with van der Waals surface area (Å²) in [5.41, 5.74) is 0.604. The number of carbonyl (C=O) groups is 1. The van der Waals surface area contributed by atoms with Gasteiger partial charge < -0.3 is 148 Å². The molecule has 0 bridgehead atoms. The molecule has 31 nitrogen and oxygen atoms in total. The lowest BCUT2D eigenvalue weighted by Crippen LogP contribution is -2.68. The summed E-state index contributed by atoms with van der Waals surface area (Å²) < 4.78 is 85.9. The Morgan fingerprint density at radius 3 is 1.69 bits per heavy atom. The van der Waals surface area contributed by atoms with Crippen LogP contribution in [0.4, 0.5) is 0 Å². The fraction of sp³-hybridized carbons (Fsp3) is 0.952. The van der Waals surface area contributed by atoms with Crippen LogP contribution in [-0.2, 0) is 71.1 Å². The summed E-state index contributed by atoms with van der Waals surface area (Å²) in [6.07, 6.45) is -41.9. The number of ether oxygens (including phenoxy) is 14. The van der Waals surface area contributed by atoms with Crippen LogP contribution in [0.15, 0.2) is 11.1 Å². The summed E-state index contributed by atoms with van der Waals surface area (Å²) >= 11 is 0. The van der Waals surface area contributed by atoms with Gasteiger partial charge in [0.25, 0.3) is 0 Å². The predicted octanol–water partition coefficient (Wildman–Crippen LogP) is -4.58. The Bertz CT molecular complexity index is 2700. The van der Waals surface area contributed by atoms with Gasteiger partial charge in [0, 0.05) is 23.7 Å². The molecule has 538 valence electrons. The maximum atomic E-state index is 12.8. The summed E-state index contributed by atoms with van der Waals surface area (Å²) in [5.74, 6) is -1.32. The van der Waals surface area contributed by atoms with Crippen LogP contribution in [0.25, 0.3) is 0 Å². The van der Waals surface area contributed by atoms with Gasteiger partial charge in [-0.15, -0.1) is 0 Å². The fourth-order valence-corrected chi connectivity index (χ4v) is 18.9. The second kappa shape index (κ2) is 26.8. The molecule has 8 saturated heterocycles. The van der Waals surface area contributed by atoms with Crippen LogP contribution in [0.1, 0.15) is 113 Å². The van der Waals surface area contributed by atoms with Crippen molar-refractivity contribution in [1.82, 2.24) is 0 Å². The molecule has 2 spiro atoms. The number of allylic oxidation sites excluding steroid dienone is 2. The third-order valence-electron chi connectivity index (χ3n) is 24.6. The minimum absolute atomic E-state index is 0.107. The van der Waals surface area contributed by atoms with E-state index >= 15 is 0 Å². The number of esters is 1. The Balaban J connectivity index is 0.760. The third kappa shape index (κ3) is 11.7. The molecule has 94 heavy (non-hydrogen) atoms. The smallest absolute Gasteiger partial charge is 0.311 e. The predicted molar refractivity (Wildman–Crippen MR) is 310 cm³/mol. The maximum absolute atomic E-state index is 12.8. The molecule has 10 fully saturated rings. The molecule has 12 rings (SSSR count). The molecule has 37 atom stereocenters. The normalized spacial score (nSPS) is 56.1. The molecular weight excluding hydrogens is 1250 g/mol. The number of hydrogen-bond donors (Lipinski definition) is 16. The molecule has 37 unspecified atom stereocenters. The lowest BCUT2D eigenvalue weighted by molar-refractivity contribution is -0.407. The zero-order valence-corrected chi connectivity index (χ0v) is 54.0. The molecule has 16 N–H and O–H groups in total. The van der Waals surface area contributed by atoms with Crippen molar-refractivity contribution in [2.45, 2.75) is 296 Å². The number of fused-ring (bicyclic) bond motifs is 5. The van der Waals surface area contributed by atoms with Crippen molar-refractivity contribution in [2.24, 2.45) is 39.4 Å². The molecule has 8 aliphatic heterocycles. The van der Waals surface area contributed by atoms with Crippen molar-refractivity contribution in [1.29, 1.82) is 0 Å². The largest absolute Gasteiger partial charge is 0.433 e. The van der Waals surface area contributed by atoms with E-state index < -0.39 is 222 Å². The van der Waals surface area contributed by atoms with Gasteiger partial charge in [-0.1, -0.05) is 52.7 Å². The average molecular weight is 1350 g/mol. The molecule has 31 heteroatoms. The van der Waals surface area contributed by atoms with E-state index in [4.69, 9.17) is 66.3 Å². The Kier molecular flexibility index (Phi) is 20.5. The lowest BCUT2D eigenvalue weighted by atomic mass is 9.42. The topological polar surface area (TPSA) is 470 Å². The molecule has 0 radical (unpaired) electrons. The van der Waals surface area contributed by atoms with Crippen LogP contribution in [0.2, 0.25) is 0 Å². The number of carbonyl (C=O) groups excluding carboxylic acids is 1. The van der Waals surface area contributed by atoms with E-state index in [1.54, 1.807) is 0 Å². The van der Waals surface area contributed by atoms with Crippen LogP contribution in [0, 0.1) is 39.4 Å². The Hall–Kier alpha value is -1.95. The van der Waals surface area contributed by atoms with Gasteiger partial charge in [0.2, 0.25) is 5.79 Å². The lowest BCUT2D eigenvalue weighted by Gasteiger charge is -2.63. The Morgan fingerprint density at radius 2 is 1.05 bits per heavy atom. The zero-order valence-electron chi connectivity index (χ0n) is 54.0. The van der Waals surface area contributed by atoms with Crippen molar-refractivity contribution in [2.75, 3.05) is 39.6 Å². The minimum atomic E-state index is -2.06. The monoisotopic (exact) mass is 1350 g/mol. The van der Waals surface area contributed by atoms with E-state index in [2.05, 4.69) is 27.7 Å². The Morgan fingerprint density at radius 1 is 0.500 bits per heavy atom. The van der Waals surface area contributed by atoms with E-state index in [1.165, 1.54) is 18.1 Å². The van der Waals surface area contributed by atoms with Gasteiger partial charge in [0.15, 0.2) is 37.7 Å². The average Bonchev–Trinajstić information content (AvgIpc) is 1.40. The van der Waals surface area contributed by atoms with Gasteiger partial charge in [-0.25, -0.2) is 0 Å². The molecule has 2 saturated carbocycles. The van der Waals surface area contributed by atoms with Crippen molar-refractivity contribution in [3.63, 3.8) is 0 Å². The van der Waals surface area contributed by atoms with E-state index in [0.717, 1.165) is 38.5 Å². The molecule has 0 aromatic heterocycles. The second-order valence-electron chi connectivity index (χ2n) is 29.9. The highest BCUT2D eigenvalue weighted by Crippen LogP contribution is 2.76. The van der Waals surface area contributed by atoms with Crippen molar-refractivity contribution < 1.29 is 153 Å². The van der Waals surface area contributed by atoms with Gasteiger partial charge >= 0.3 is 5.97 Å². The molecular formula is C63H100O31. The van der Waals surface area contributed by atoms with Gasteiger partial charge in [-0.3, -0.25) is 4.79 Å². The second-order valence-corrected chi connectivity index (χ2v) is 29.9. The van der Waals surface area contributed by atoms with Gasteiger partial charge in [-0.05, 0) is 81.0 Å². The Labute approximate surface area is 543 Å².